The Bertz CT molecular complexity index is 1650. The lowest BCUT2D eigenvalue weighted by atomic mass is 9.80. The van der Waals surface area contributed by atoms with E-state index >= 15 is 0 Å². The molecular formula is C35H39N3O4S. The van der Waals surface area contributed by atoms with Crippen LogP contribution in [0.5, 0.6) is 0 Å². The largest absolute Gasteiger partial charge is 0.550 e. The number of carboxylic acids is 1. The Labute approximate surface area is 257 Å². The number of hydrogen-bond acceptors (Lipinski definition) is 6. The molecule has 0 spiro atoms. The predicted octanol–water partition coefficient (Wildman–Crippen LogP) is 7.27. The zero-order chi connectivity index (χ0) is 30.9. The predicted molar refractivity (Wildman–Crippen MR) is 172 cm³/mol. The molecule has 3 heterocycles. The summed E-state index contributed by atoms with van der Waals surface area (Å²) in [6.07, 6.45) is 8.86. The van der Waals surface area contributed by atoms with E-state index in [0.29, 0.717) is 6.42 Å². The van der Waals surface area contributed by atoms with Gasteiger partial charge in [0.25, 0.3) is 5.69 Å². The molecule has 0 amide bonds. The summed E-state index contributed by atoms with van der Waals surface area (Å²) in [7, 11) is 0. The molecule has 0 saturated carbocycles. The topological polar surface area (TPSA) is 89.5 Å². The van der Waals surface area contributed by atoms with Crippen molar-refractivity contribution < 1.29 is 19.4 Å². The Hall–Kier alpha value is -4.04. The van der Waals surface area contributed by atoms with Gasteiger partial charge in [0.1, 0.15) is 6.54 Å². The summed E-state index contributed by atoms with van der Waals surface area (Å²) in [5.41, 5.74) is 7.40. The number of carboxylic acid groups (broad SMARTS) is 1. The van der Waals surface area contributed by atoms with E-state index in [1.807, 2.05) is 6.07 Å². The highest BCUT2D eigenvalue weighted by Crippen LogP contribution is 2.49. The van der Waals surface area contributed by atoms with Crippen molar-refractivity contribution >= 4 is 40.1 Å². The van der Waals surface area contributed by atoms with E-state index < -0.39 is 11.4 Å². The molecule has 5 rings (SSSR count). The van der Waals surface area contributed by atoms with Gasteiger partial charge in [-0.3, -0.25) is 10.1 Å². The van der Waals surface area contributed by atoms with E-state index in [-0.39, 0.29) is 22.4 Å². The molecular weight excluding hydrogens is 558 g/mol. The van der Waals surface area contributed by atoms with Crippen LogP contribution in [0.2, 0.25) is 0 Å². The van der Waals surface area contributed by atoms with Gasteiger partial charge in [-0.05, 0) is 86.9 Å². The third-order valence-electron chi connectivity index (χ3n) is 8.87. The summed E-state index contributed by atoms with van der Waals surface area (Å²) in [4.78, 5) is 25.6. The standard InChI is InChI=1S/C35H39N3O4S/c1-6-36-28-19-17-25(38(41)42)23-27(28)35(4,5)31(36)13-10-14-32-34(2,3)26-22-24(30-12-11-21-43-30)16-18-29(26)37(32)20-9-7-8-15-33(39)40/h10-14,16-19,21-23H,6-9,15,20H2,1-5H3. The molecule has 0 fully saturated rings. The summed E-state index contributed by atoms with van der Waals surface area (Å²) in [5.74, 6) is -0.996. The first kappa shape index (κ1) is 30.4. The molecule has 0 unspecified atom stereocenters. The van der Waals surface area contributed by atoms with Crippen LogP contribution in [-0.4, -0.2) is 34.3 Å². The van der Waals surface area contributed by atoms with Gasteiger partial charge in [-0.1, -0.05) is 26.0 Å². The van der Waals surface area contributed by atoms with Crippen molar-refractivity contribution in [2.45, 2.75) is 71.1 Å². The number of thiophene rings is 1. The lowest BCUT2D eigenvalue weighted by Crippen LogP contribution is -2.28. The molecule has 7 nitrogen and oxygen atoms in total. The zero-order valence-electron chi connectivity index (χ0n) is 25.6. The maximum atomic E-state index is 11.5. The number of fused-ring (bicyclic) bond motifs is 2. The SMILES string of the molecule is CCN1/C(=C/C=C/C2=[N+](CCCCCC(=O)[O-])c3ccc(-c4cccs4)cc3C2(C)C)C(C)(C)c2cc([N+](=O)[O-])ccc21. The molecule has 3 aromatic rings. The van der Waals surface area contributed by atoms with Crippen LogP contribution in [0.3, 0.4) is 0 Å². The van der Waals surface area contributed by atoms with E-state index in [4.69, 9.17) is 0 Å². The number of rotatable bonds is 11. The van der Waals surface area contributed by atoms with Crippen molar-refractivity contribution in [2.75, 3.05) is 18.0 Å². The van der Waals surface area contributed by atoms with Crippen molar-refractivity contribution in [1.82, 2.24) is 0 Å². The number of anilines is 1. The second kappa shape index (κ2) is 11.9. The quantitative estimate of drug-likeness (QED) is 0.100. The summed E-state index contributed by atoms with van der Waals surface area (Å²) in [5, 5.41) is 24.5. The molecule has 0 aliphatic carbocycles. The number of non-ortho nitro benzene ring substituents is 1. The summed E-state index contributed by atoms with van der Waals surface area (Å²) in [6.45, 7) is 12.4. The number of allylic oxidation sites excluding steroid dienone is 4. The van der Waals surface area contributed by atoms with Gasteiger partial charge in [0.05, 0.1) is 10.3 Å². The highest BCUT2D eigenvalue weighted by Gasteiger charge is 2.45. The Morgan fingerprint density at radius 3 is 2.49 bits per heavy atom. The summed E-state index contributed by atoms with van der Waals surface area (Å²) >= 11 is 1.73. The number of nitro benzene ring substituents is 1. The molecule has 0 saturated heterocycles. The van der Waals surface area contributed by atoms with Gasteiger partial charge in [0, 0.05) is 70.5 Å². The first-order valence-electron chi connectivity index (χ1n) is 14.9. The lowest BCUT2D eigenvalue weighted by molar-refractivity contribution is -0.438. The van der Waals surface area contributed by atoms with Gasteiger partial charge < -0.3 is 14.8 Å². The van der Waals surface area contributed by atoms with Gasteiger partial charge >= 0.3 is 0 Å². The second-order valence-electron chi connectivity index (χ2n) is 12.3. The number of benzene rings is 2. The van der Waals surface area contributed by atoms with Crippen molar-refractivity contribution in [3.05, 3.63) is 99.1 Å². The molecule has 0 bridgehead atoms. The van der Waals surface area contributed by atoms with Crippen molar-refractivity contribution in [3.8, 4) is 10.4 Å². The fourth-order valence-electron chi connectivity index (χ4n) is 6.58. The fraction of sp³-hybridized carbons (Fsp3) is 0.371. The van der Waals surface area contributed by atoms with Crippen LogP contribution in [0.25, 0.3) is 10.4 Å². The van der Waals surface area contributed by atoms with E-state index in [1.165, 1.54) is 27.4 Å². The van der Waals surface area contributed by atoms with Gasteiger partial charge in [0.15, 0.2) is 5.71 Å². The molecule has 1 aromatic heterocycles. The molecule has 0 N–H and O–H groups in total. The molecule has 2 aliphatic rings. The minimum Gasteiger partial charge on any atom is -0.550 e. The highest BCUT2D eigenvalue weighted by molar-refractivity contribution is 7.13. The molecule has 8 heteroatoms. The monoisotopic (exact) mass is 597 g/mol. The van der Waals surface area contributed by atoms with Crippen LogP contribution >= 0.6 is 11.3 Å². The van der Waals surface area contributed by atoms with Crippen LogP contribution in [0.15, 0.2) is 77.8 Å². The lowest BCUT2D eigenvalue weighted by Gasteiger charge is -2.25. The van der Waals surface area contributed by atoms with Gasteiger partial charge in [-0.15, -0.1) is 11.3 Å². The first-order chi connectivity index (χ1) is 20.5. The molecule has 224 valence electrons. The fourth-order valence-corrected chi connectivity index (χ4v) is 7.30. The minimum atomic E-state index is -0.996. The number of carbonyl (C=O) groups is 1. The third-order valence-corrected chi connectivity index (χ3v) is 9.79. The van der Waals surface area contributed by atoms with Gasteiger partial charge in [-0.2, -0.15) is 4.58 Å². The number of nitrogens with zero attached hydrogens (tertiary/aromatic N) is 3. The van der Waals surface area contributed by atoms with E-state index in [9.17, 15) is 20.0 Å². The Morgan fingerprint density at radius 1 is 1.02 bits per heavy atom. The normalized spacial score (nSPS) is 17.6. The van der Waals surface area contributed by atoms with E-state index in [1.54, 1.807) is 23.5 Å². The van der Waals surface area contributed by atoms with Crippen LogP contribution < -0.4 is 10.0 Å². The molecule has 2 aromatic carbocycles. The maximum Gasteiger partial charge on any atom is 0.269 e. The number of unbranched alkanes of at least 4 members (excludes halogenated alkanes) is 2. The van der Waals surface area contributed by atoms with Gasteiger partial charge in [0.2, 0.25) is 5.69 Å². The number of aliphatic carboxylic acids is 1. The van der Waals surface area contributed by atoms with Crippen molar-refractivity contribution in [2.24, 2.45) is 0 Å². The minimum absolute atomic E-state index is 0.0888. The van der Waals surface area contributed by atoms with Crippen LogP contribution in [0.4, 0.5) is 17.1 Å². The zero-order valence-corrected chi connectivity index (χ0v) is 26.4. The Morgan fingerprint density at radius 2 is 1.81 bits per heavy atom. The molecule has 0 atom stereocenters. The number of hydrogen-bond donors (Lipinski definition) is 0. The number of likely N-dealkylation sites (N-methyl/N-ethyl adjacent to an activating group) is 1. The summed E-state index contributed by atoms with van der Waals surface area (Å²) < 4.78 is 2.39. The first-order valence-corrected chi connectivity index (χ1v) is 15.8. The average molecular weight is 598 g/mol. The molecule has 0 radical (unpaired) electrons. The van der Waals surface area contributed by atoms with Crippen LogP contribution in [0, 0.1) is 10.1 Å². The average Bonchev–Trinajstić information content (AvgIpc) is 3.63. The second-order valence-corrected chi connectivity index (χ2v) is 13.2. The van der Waals surface area contributed by atoms with E-state index in [2.05, 4.69) is 98.0 Å². The smallest absolute Gasteiger partial charge is 0.269 e. The number of nitro groups is 1. The Balaban J connectivity index is 1.51. The van der Waals surface area contributed by atoms with Crippen molar-refractivity contribution in [3.63, 3.8) is 0 Å². The molecule has 2 aliphatic heterocycles. The maximum absolute atomic E-state index is 11.5. The number of carbonyl (C=O) groups excluding carboxylic acids is 1. The Kier molecular flexibility index (Phi) is 8.43. The van der Waals surface area contributed by atoms with Crippen LogP contribution in [-0.2, 0) is 15.6 Å². The van der Waals surface area contributed by atoms with Crippen LogP contribution in [0.1, 0.15) is 71.4 Å². The highest BCUT2D eigenvalue weighted by atomic mass is 32.1. The molecule has 43 heavy (non-hydrogen) atoms. The summed E-state index contributed by atoms with van der Waals surface area (Å²) in [6, 6.07) is 16.1. The van der Waals surface area contributed by atoms with E-state index in [0.717, 1.165) is 42.9 Å². The third kappa shape index (κ3) is 5.68. The van der Waals surface area contributed by atoms with Crippen molar-refractivity contribution in [1.29, 1.82) is 0 Å². The van der Waals surface area contributed by atoms with Gasteiger partial charge in [-0.25, -0.2) is 0 Å².